The molecule has 1 N–H and O–H groups in total. The smallest absolute Gasteiger partial charge is 0.240 e. The lowest BCUT2D eigenvalue weighted by Crippen LogP contribution is -2.26. The Morgan fingerprint density at radius 2 is 1.60 bits per heavy atom. The van der Waals surface area contributed by atoms with Crippen molar-refractivity contribution >= 4 is 10.0 Å². The van der Waals surface area contributed by atoms with E-state index in [9.17, 15) is 8.42 Å². The largest absolute Gasteiger partial charge is 0.305 e. The molecular formula is C24H25N3O2S. The van der Waals surface area contributed by atoms with Gasteiger partial charge in [0.25, 0.3) is 0 Å². The van der Waals surface area contributed by atoms with Gasteiger partial charge < -0.3 is 4.90 Å². The van der Waals surface area contributed by atoms with Crippen LogP contribution in [0.1, 0.15) is 16.7 Å². The molecule has 0 radical (unpaired) electrons. The van der Waals surface area contributed by atoms with Gasteiger partial charge in [-0.15, -0.1) is 0 Å². The Morgan fingerprint density at radius 3 is 2.23 bits per heavy atom. The summed E-state index contributed by atoms with van der Waals surface area (Å²) in [6.45, 7) is 1.20. The molecule has 0 aromatic heterocycles. The topological polar surface area (TPSA) is 73.2 Å². The highest BCUT2D eigenvalue weighted by molar-refractivity contribution is 7.89. The summed E-state index contributed by atoms with van der Waals surface area (Å²) in [6.07, 6.45) is 0.594. The fourth-order valence-corrected chi connectivity index (χ4v) is 4.23. The highest BCUT2D eigenvalue weighted by atomic mass is 32.2. The van der Waals surface area contributed by atoms with Gasteiger partial charge in [-0.1, -0.05) is 42.5 Å². The minimum Gasteiger partial charge on any atom is -0.305 e. The number of rotatable bonds is 8. The predicted molar refractivity (Wildman–Crippen MR) is 119 cm³/mol. The van der Waals surface area contributed by atoms with Gasteiger partial charge in [0, 0.05) is 13.1 Å². The number of hydrogen-bond acceptors (Lipinski definition) is 4. The molecule has 6 heteroatoms. The Balaban J connectivity index is 1.60. The molecule has 0 amide bonds. The average Bonchev–Trinajstić information content (AvgIpc) is 2.74. The van der Waals surface area contributed by atoms with Crippen LogP contribution < -0.4 is 4.72 Å². The molecule has 5 nitrogen and oxygen atoms in total. The summed E-state index contributed by atoms with van der Waals surface area (Å²) in [5.74, 6) is 0. The molecule has 0 unspecified atom stereocenters. The van der Waals surface area contributed by atoms with E-state index in [2.05, 4.69) is 60.1 Å². The zero-order chi connectivity index (χ0) is 21.6. The van der Waals surface area contributed by atoms with E-state index in [0.29, 0.717) is 18.5 Å². The third kappa shape index (κ3) is 5.77. The molecule has 0 bridgehead atoms. The van der Waals surface area contributed by atoms with E-state index in [0.717, 1.165) is 17.7 Å². The molecule has 0 saturated carbocycles. The van der Waals surface area contributed by atoms with Crippen LogP contribution in [0.4, 0.5) is 0 Å². The van der Waals surface area contributed by atoms with E-state index in [1.165, 1.54) is 35.4 Å². The Labute approximate surface area is 178 Å². The van der Waals surface area contributed by atoms with Gasteiger partial charge in [-0.05, 0) is 73.1 Å². The van der Waals surface area contributed by atoms with Crippen LogP contribution in [-0.2, 0) is 23.0 Å². The summed E-state index contributed by atoms with van der Waals surface area (Å²) in [5.41, 5.74) is 5.06. The number of sulfonamides is 1. The number of nitrogens with one attached hydrogen (secondary N) is 1. The van der Waals surface area contributed by atoms with Crippen molar-refractivity contribution in [3.05, 3.63) is 89.5 Å². The summed E-state index contributed by atoms with van der Waals surface area (Å²) in [5, 5.41) is 8.82. The van der Waals surface area contributed by atoms with Gasteiger partial charge in [-0.3, -0.25) is 0 Å². The highest BCUT2D eigenvalue weighted by Gasteiger charge is 2.13. The third-order valence-corrected chi connectivity index (χ3v) is 6.19. The van der Waals surface area contributed by atoms with Crippen molar-refractivity contribution in [3.63, 3.8) is 0 Å². The van der Waals surface area contributed by atoms with Crippen molar-refractivity contribution < 1.29 is 8.42 Å². The summed E-state index contributed by atoms with van der Waals surface area (Å²) < 4.78 is 27.4. The lowest BCUT2D eigenvalue weighted by atomic mass is 10.0. The van der Waals surface area contributed by atoms with Crippen LogP contribution in [0.15, 0.2) is 77.7 Å². The second-order valence-corrected chi connectivity index (χ2v) is 9.19. The van der Waals surface area contributed by atoms with Gasteiger partial charge in [0.15, 0.2) is 0 Å². The maximum atomic E-state index is 12.4. The van der Waals surface area contributed by atoms with Crippen molar-refractivity contribution in [1.29, 1.82) is 5.26 Å². The lowest BCUT2D eigenvalue weighted by Gasteiger charge is -2.11. The highest BCUT2D eigenvalue weighted by Crippen LogP contribution is 2.21. The van der Waals surface area contributed by atoms with E-state index >= 15 is 0 Å². The van der Waals surface area contributed by atoms with Crippen molar-refractivity contribution in [2.24, 2.45) is 0 Å². The number of benzene rings is 3. The predicted octanol–water partition coefficient (Wildman–Crippen LogP) is 3.81. The van der Waals surface area contributed by atoms with Gasteiger partial charge in [-0.25, -0.2) is 13.1 Å². The Morgan fingerprint density at radius 1 is 0.900 bits per heavy atom. The first-order valence-corrected chi connectivity index (χ1v) is 11.2. The van der Waals surface area contributed by atoms with Crippen molar-refractivity contribution in [3.8, 4) is 17.2 Å². The van der Waals surface area contributed by atoms with Crippen LogP contribution in [0.3, 0.4) is 0 Å². The van der Waals surface area contributed by atoms with Crippen LogP contribution in [0.25, 0.3) is 11.1 Å². The molecule has 0 aliphatic carbocycles. The van der Waals surface area contributed by atoms with E-state index in [1.807, 2.05) is 18.2 Å². The third-order valence-electron chi connectivity index (χ3n) is 4.71. The van der Waals surface area contributed by atoms with Crippen LogP contribution in [-0.4, -0.2) is 34.0 Å². The van der Waals surface area contributed by atoms with Crippen molar-refractivity contribution in [1.82, 2.24) is 9.62 Å². The minimum atomic E-state index is -3.58. The molecule has 0 aliphatic heterocycles. The molecule has 0 heterocycles. The molecule has 0 spiro atoms. The van der Waals surface area contributed by atoms with E-state index < -0.39 is 10.0 Å². The standard InChI is InChI=1S/C24H25N3O2S/c1-27(2)18-21-4-3-5-23(16-21)22-10-6-19(7-11-22)14-15-26-30(28,29)24-12-8-20(17-25)9-13-24/h3-13,16,26H,14-15,18H2,1-2H3. The number of nitrogens with zero attached hydrogens (tertiary/aromatic N) is 2. The Kier molecular flexibility index (Phi) is 7.01. The van der Waals surface area contributed by atoms with Crippen LogP contribution in [0.2, 0.25) is 0 Å². The summed E-state index contributed by atoms with van der Waals surface area (Å²) in [4.78, 5) is 2.30. The van der Waals surface area contributed by atoms with Crippen LogP contribution >= 0.6 is 0 Å². The maximum absolute atomic E-state index is 12.4. The van der Waals surface area contributed by atoms with E-state index in [1.54, 1.807) is 0 Å². The summed E-state index contributed by atoms with van der Waals surface area (Å²) in [6, 6.07) is 24.6. The zero-order valence-corrected chi connectivity index (χ0v) is 18.0. The monoisotopic (exact) mass is 419 g/mol. The Hall–Kier alpha value is -2.98. The summed E-state index contributed by atoms with van der Waals surface area (Å²) >= 11 is 0. The quantitative estimate of drug-likeness (QED) is 0.603. The van der Waals surface area contributed by atoms with E-state index in [-0.39, 0.29) is 4.90 Å². The van der Waals surface area contributed by atoms with Gasteiger partial charge in [-0.2, -0.15) is 5.26 Å². The van der Waals surface area contributed by atoms with Gasteiger partial charge >= 0.3 is 0 Å². The van der Waals surface area contributed by atoms with Crippen LogP contribution in [0, 0.1) is 11.3 Å². The number of nitriles is 1. The first kappa shape index (κ1) is 21.7. The van der Waals surface area contributed by atoms with E-state index in [4.69, 9.17) is 5.26 Å². The zero-order valence-electron chi connectivity index (χ0n) is 17.2. The minimum absolute atomic E-state index is 0.162. The average molecular weight is 420 g/mol. The first-order chi connectivity index (χ1) is 14.4. The summed E-state index contributed by atoms with van der Waals surface area (Å²) in [7, 11) is 0.521. The maximum Gasteiger partial charge on any atom is 0.240 e. The second-order valence-electron chi connectivity index (χ2n) is 7.42. The van der Waals surface area contributed by atoms with Gasteiger partial charge in [0.1, 0.15) is 0 Å². The molecule has 3 aromatic rings. The molecular weight excluding hydrogens is 394 g/mol. The normalized spacial score (nSPS) is 11.4. The van der Waals surface area contributed by atoms with Crippen molar-refractivity contribution in [2.75, 3.05) is 20.6 Å². The fraction of sp³-hybridized carbons (Fsp3) is 0.208. The molecule has 0 fully saturated rings. The molecule has 0 aliphatic rings. The van der Waals surface area contributed by atoms with Crippen LogP contribution in [0.5, 0.6) is 0 Å². The second kappa shape index (κ2) is 9.68. The molecule has 0 saturated heterocycles. The molecule has 3 aromatic carbocycles. The molecule has 154 valence electrons. The van der Waals surface area contributed by atoms with Gasteiger partial charge in [0.2, 0.25) is 10.0 Å². The SMILES string of the molecule is CN(C)Cc1cccc(-c2ccc(CCNS(=O)(=O)c3ccc(C#N)cc3)cc2)c1. The fourth-order valence-electron chi connectivity index (χ4n) is 3.20. The molecule has 0 atom stereocenters. The van der Waals surface area contributed by atoms with Crippen molar-refractivity contribution in [2.45, 2.75) is 17.9 Å². The lowest BCUT2D eigenvalue weighted by molar-refractivity contribution is 0.402. The Bertz CT molecular complexity index is 1130. The van der Waals surface area contributed by atoms with Gasteiger partial charge in [0.05, 0.1) is 16.5 Å². The molecule has 30 heavy (non-hydrogen) atoms. The number of hydrogen-bond donors (Lipinski definition) is 1. The molecule has 3 rings (SSSR count). The first-order valence-electron chi connectivity index (χ1n) is 9.70.